The molecule has 2 N–H and O–H groups in total. The van der Waals surface area contributed by atoms with E-state index in [1.165, 1.54) is 6.08 Å². The third-order valence-corrected chi connectivity index (χ3v) is 5.17. The zero-order valence-electron chi connectivity index (χ0n) is 13.7. The number of rotatable bonds is 2. The van der Waals surface area contributed by atoms with Gasteiger partial charge in [0, 0.05) is 17.4 Å². The number of carbonyl (C=O) groups excluding carboxylic acids is 3. The quantitative estimate of drug-likeness (QED) is 0.526. The molecule has 1 fully saturated rings. The number of carboxylic acids is 1. The average molecular weight is 350 g/mol. The van der Waals surface area contributed by atoms with Crippen molar-refractivity contribution in [2.75, 3.05) is 6.61 Å². The molecule has 3 aliphatic rings. The molecule has 1 aliphatic heterocycles. The first kappa shape index (κ1) is 17.3. The molecule has 8 heteroatoms. The fourth-order valence-electron chi connectivity index (χ4n) is 4.03. The van der Waals surface area contributed by atoms with Gasteiger partial charge in [-0.1, -0.05) is 12.5 Å². The van der Waals surface area contributed by atoms with Crippen molar-refractivity contribution >= 4 is 23.7 Å². The van der Waals surface area contributed by atoms with Gasteiger partial charge in [-0.05, 0) is 25.0 Å². The summed E-state index contributed by atoms with van der Waals surface area (Å²) in [4.78, 5) is 46.2. The molecule has 0 aromatic heterocycles. The zero-order valence-corrected chi connectivity index (χ0v) is 13.7. The highest BCUT2D eigenvalue weighted by Gasteiger charge is 2.54. The number of carboxylic acid groups (broad SMARTS) is 1. The molecular weight excluding hydrogens is 332 g/mol. The molecule has 8 nitrogen and oxygen atoms in total. The van der Waals surface area contributed by atoms with Crippen LogP contribution in [0.2, 0.25) is 0 Å². The number of carbonyl (C=O) groups is 4. The number of allylic oxidation sites excluding steroid dienone is 1. The van der Waals surface area contributed by atoms with Gasteiger partial charge in [0.2, 0.25) is 0 Å². The van der Waals surface area contributed by atoms with Crippen molar-refractivity contribution in [3.63, 3.8) is 0 Å². The van der Waals surface area contributed by atoms with E-state index in [2.05, 4.69) is 0 Å². The van der Waals surface area contributed by atoms with Gasteiger partial charge in [-0.2, -0.15) is 0 Å². The molecule has 2 aliphatic carbocycles. The average Bonchev–Trinajstić information content (AvgIpc) is 2.97. The standard InChI is InChI=1S/C17H18O8/c1-6-3-9(18)12-7(2)16(22)25-14(12)13-8(4-10(19)11(6)13)5-24-17(23)15(20)21/h4,7,9,12-14,18H,3,5H2,1-2H3,(H,20,21). The number of aliphatic carboxylic acids is 1. The van der Waals surface area contributed by atoms with Crippen LogP contribution in [0.25, 0.3) is 0 Å². The van der Waals surface area contributed by atoms with E-state index in [1.54, 1.807) is 13.8 Å². The van der Waals surface area contributed by atoms with Gasteiger partial charge in [0.15, 0.2) is 5.78 Å². The summed E-state index contributed by atoms with van der Waals surface area (Å²) in [6.45, 7) is 3.02. The summed E-state index contributed by atoms with van der Waals surface area (Å²) < 4.78 is 10.1. The predicted molar refractivity (Wildman–Crippen MR) is 81.0 cm³/mol. The Kier molecular flexibility index (Phi) is 4.24. The Hall–Kier alpha value is -2.48. The number of fused-ring (bicyclic) bond motifs is 3. The third-order valence-electron chi connectivity index (χ3n) is 5.17. The van der Waals surface area contributed by atoms with Crippen LogP contribution in [-0.2, 0) is 28.7 Å². The van der Waals surface area contributed by atoms with Crippen LogP contribution in [0.5, 0.6) is 0 Å². The van der Waals surface area contributed by atoms with Crippen molar-refractivity contribution in [3.05, 3.63) is 22.8 Å². The van der Waals surface area contributed by atoms with Crippen LogP contribution in [0.1, 0.15) is 20.3 Å². The highest BCUT2D eigenvalue weighted by atomic mass is 16.6. The summed E-state index contributed by atoms with van der Waals surface area (Å²) in [6.07, 6.45) is -0.0358. The topological polar surface area (TPSA) is 127 Å². The van der Waals surface area contributed by atoms with Crippen LogP contribution in [-0.4, -0.2) is 52.7 Å². The SMILES string of the molecule is CC1=C2C(=O)C=C(COC(=O)C(=O)O)C2C2OC(=O)C(C)C2C(O)C1. The number of ether oxygens (including phenoxy) is 2. The molecule has 25 heavy (non-hydrogen) atoms. The lowest BCUT2D eigenvalue weighted by Gasteiger charge is -2.27. The third kappa shape index (κ3) is 2.76. The Morgan fingerprint density at radius 2 is 2.04 bits per heavy atom. The van der Waals surface area contributed by atoms with Gasteiger partial charge in [-0.3, -0.25) is 9.59 Å². The van der Waals surface area contributed by atoms with Crippen molar-refractivity contribution < 1.29 is 38.9 Å². The van der Waals surface area contributed by atoms with E-state index in [0.717, 1.165) is 0 Å². The largest absolute Gasteiger partial charge is 0.473 e. The summed E-state index contributed by atoms with van der Waals surface area (Å²) in [6, 6.07) is 0. The number of aliphatic hydroxyl groups excluding tert-OH is 1. The zero-order chi connectivity index (χ0) is 18.5. The molecule has 0 amide bonds. The van der Waals surface area contributed by atoms with E-state index in [9.17, 15) is 24.3 Å². The van der Waals surface area contributed by atoms with Crippen molar-refractivity contribution in [2.24, 2.45) is 17.8 Å². The molecule has 0 spiro atoms. The first-order valence-corrected chi connectivity index (χ1v) is 7.95. The molecule has 5 unspecified atom stereocenters. The second-order valence-electron chi connectivity index (χ2n) is 6.68. The molecule has 0 aromatic rings. The van der Waals surface area contributed by atoms with Crippen LogP contribution < -0.4 is 0 Å². The molecule has 0 radical (unpaired) electrons. The Labute approximate surface area is 143 Å². The fraction of sp³-hybridized carbons (Fsp3) is 0.529. The Balaban J connectivity index is 1.95. The smallest absolute Gasteiger partial charge is 0.417 e. The number of esters is 2. The number of aliphatic hydroxyl groups is 1. The van der Waals surface area contributed by atoms with E-state index in [1.807, 2.05) is 0 Å². The van der Waals surface area contributed by atoms with E-state index < -0.39 is 47.9 Å². The molecule has 5 atom stereocenters. The minimum Gasteiger partial charge on any atom is -0.473 e. The van der Waals surface area contributed by atoms with Crippen molar-refractivity contribution in [1.29, 1.82) is 0 Å². The highest BCUT2D eigenvalue weighted by Crippen LogP contribution is 2.47. The van der Waals surface area contributed by atoms with Gasteiger partial charge in [-0.15, -0.1) is 0 Å². The predicted octanol–water partition coefficient (Wildman–Crippen LogP) is -0.00170. The van der Waals surface area contributed by atoms with Crippen LogP contribution in [0, 0.1) is 17.8 Å². The summed E-state index contributed by atoms with van der Waals surface area (Å²) in [7, 11) is 0. The number of hydrogen-bond donors (Lipinski definition) is 2. The van der Waals surface area contributed by atoms with Crippen LogP contribution in [0.3, 0.4) is 0 Å². The van der Waals surface area contributed by atoms with E-state index in [-0.39, 0.29) is 18.8 Å². The van der Waals surface area contributed by atoms with E-state index in [4.69, 9.17) is 14.6 Å². The lowest BCUT2D eigenvalue weighted by atomic mass is 9.79. The molecule has 0 aromatic carbocycles. The monoisotopic (exact) mass is 350 g/mol. The Morgan fingerprint density at radius 1 is 1.36 bits per heavy atom. The van der Waals surface area contributed by atoms with Crippen LogP contribution in [0.15, 0.2) is 22.8 Å². The summed E-state index contributed by atoms with van der Waals surface area (Å²) in [5, 5.41) is 19.1. The summed E-state index contributed by atoms with van der Waals surface area (Å²) in [5.74, 6) is -5.55. The first-order chi connectivity index (χ1) is 11.7. The molecule has 0 saturated carbocycles. The lowest BCUT2D eigenvalue weighted by molar-refractivity contribution is -0.163. The fourth-order valence-corrected chi connectivity index (χ4v) is 4.03. The second kappa shape index (κ2) is 6.11. The minimum atomic E-state index is -1.73. The number of ketones is 1. The maximum absolute atomic E-state index is 12.4. The van der Waals surface area contributed by atoms with Gasteiger partial charge >= 0.3 is 17.9 Å². The maximum Gasteiger partial charge on any atom is 0.417 e. The summed E-state index contributed by atoms with van der Waals surface area (Å²) in [5.41, 5.74) is 1.49. The molecule has 3 rings (SSSR count). The highest BCUT2D eigenvalue weighted by molar-refractivity contribution is 6.28. The molecule has 134 valence electrons. The van der Waals surface area contributed by atoms with Crippen LogP contribution in [0.4, 0.5) is 0 Å². The Morgan fingerprint density at radius 3 is 2.68 bits per heavy atom. The van der Waals surface area contributed by atoms with Gasteiger partial charge in [0.05, 0.1) is 12.0 Å². The minimum absolute atomic E-state index is 0.246. The van der Waals surface area contributed by atoms with Gasteiger partial charge < -0.3 is 19.7 Å². The second-order valence-corrected chi connectivity index (χ2v) is 6.68. The van der Waals surface area contributed by atoms with E-state index >= 15 is 0 Å². The van der Waals surface area contributed by atoms with Crippen molar-refractivity contribution in [3.8, 4) is 0 Å². The molecule has 1 heterocycles. The van der Waals surface area contributed by atoms with Gasteiger partial charge in [0.25, 0.3) is 0 Å². The normalized spacial score (nSPS) is 34.0. The molecular formula is C17H18O8. The maximum atomic E-state index is 12.4. The van der Waals surface area contributed by atoms with Crippen molar-refractivity contribution in [1.82, 2.24) is 0 Å². The number of hydrogen-bond acceptors (Lipinski definition) is 7. The molecule has 1 saturated heterocycles. The van der Waals surface area contributed by atoms with Crippen molar-refractivity contribution in [2.45, 2.75) is 32.5 Å². The van der Waals surface area contributed by atoms with Crippen LogP contribution >= 0.6 is 0 Å². The first-order valence-electron chi connectivity index (χ1n) is 7.95. The molecule has 0 bridgehead atoms. The summed E-state index contributed by atoms with van der Waals surface area (Å²) >= 11 is 0. The van der Waals surface area contributed by atoms with E-state index in [0.29, 0.717) is 16.7 Å². The lowest BCUT2D eigenvalue weighted by Crippen LogP contribution is -2.36. The Bertz CT molecular complexity index is 731. The van der Waals surface area contributed by atoms with Gasteiger partial charge in [0.1, 0.15) is 12.7 Å². The van der Waals surface area contributed by atoms with Gasteiger partial charge in [-0.25, -0.2) is 9.59 Å².